The average Bonchev–Trinajstić information content (AvgIpc) is 3.11. The first-order valence-corrected chi connectivity index (χ1v) is 10.2. The number of amides is 1. The number of nitrogens with zero attached hydrogens (tertiary/aromatic N) is 3. The maximum atomic E-state index is 13.2. The molecule has 1 N–H and O–H groups in total. The molecular formula is C21H30Cl2N4O. The summed E-state index contributed by atoms with van der Waals surface area (Å²) < 4.78 is 1.85. The van der Waals surface area contributed by atoms with Gasteiger partial charge in [0.25, 0.3) is 5.91 Å². The Kier molecular flexibility index (Phi) is 8.35. The smallest absolute Gasteiger partial charge is 0.257 e. The van der Waals surface area contributed by atoms with Gasteiger partial charge in [0.05, 0.1) is 23.1 Å². The second-order valence-electron chi connectivity index (χ2n) is 7.62. The normalized spacial score (nSPS) is 15.0. The third-order valence-corrected chi connectivity index (χ3v) is 5.58. The van der Waals surface area contributed by atoms with E-state index in [2.05, 4.69) is 24.3 Å². The standard InChI is InChI=1S/C21H29ClN4O.ClH/c1-15(2)20-19(14-24-26(20)18-6-4-5-17(22)13-18)21(27)25-11-8-16(9-12-25)7-10-23-3;/h4-6,13-16,23H,7-12H2,1-3H3;1H. The zero-order chi connectivity index (χ0) is 19.4. The molecule has 1 amide bonds. The highest BCUT2D eigenvalue weighted by Gasteiger charge is 2.28. The van der Waals surface area contributed by atoms with E-state index in [1.54, 1.807) is 6.20 Å². The number of carbonyl (C=O) groups is 1. The summed E-state index contributed by atoms with van der Waals surface area (Å²) in [4.78, 5) is 15.2. The van der Waals surface area contributed by atoms with E-state index in [0.717, 1.165) is 43.9 Å². The number of rotatable bonds is 6. The van der Waals surface area contributed by atoms with Gasteiger partial charge in [-0.05, 0) is 62.9 Å². The number of hydrogen-bond acceptors (Lipinski definition) is 3. The van der Waals surface area contributed by atoms with Crippen LogP contribution in [0.1, 0.15) is 55.1 Å². The molecule has 0 aliphatic carbocycles. The van der Waals surface area contributed by atoms with Gasteiger partial charge in [-0.1, -0.05) is 31.5 Å². The highest BCUT2D eigenvalue weighted by molar-refractivity contribution is 6.30. The molecule has 3 rings (SSSR count). The van der Waals surface area contributed by atoms with Crippen molar-refractivity contribution in [2.45, 2.75) is 39.0 Å². The Labute approximate surface area is 178 Å². The van der Waals surface area contributed by atoms with Gasteiger partial charge in [-0.25, -0.2) is 4.68 Å². The number of carbonyl (C=O) groups excluding carboxylic acids is 1. The summed E-state index contributed by atoms with van der Waals surface area (Å²) in [6.07, 6.45) is 5.05. The Hall–Kier alpha value is -1.56. The van der Waals surface area contributed by atoms with E-state index in [1.165, 1.54) is 6.42 Å². The van der Waals surface area contributed by atoms with Crippen molar-refractivity contribution in [3.8, 4) is 5.69 Å². The van der Waals surface area contributed by atoms with Crippen LogP contribution in [-0.2, 0) is 0 Å². The van der Waals surface area contributed by atoms with Crippen molar-refractivity contribution in [1.29, 1.82) is 0 Å². The van der Waals surface area contributed by atoms with E-state index in [9.17, 15) is 4.79 Å². The van der Waals surface area contributed by atoms with Gasteiger partial charge < -0.3 is 10.2 Å². The number of benzene rings is 1. The lowest BCUT2D eigenvalue weighted by molar-refractivity contribution is 0.0685. The van der Waals surface area contributed by atoms with E-state index in [1.807, 2.05) is 40.9 Å². The molecule has 1 aromatic carbocycles. The molecule has 0 atom stereocenters. The largest absolute Gasteiger partial charge is 0.339 e. The first-order valence-electron chi connectivity index (χ1n) is 9.79. The minimum absolute atomic E-state index is 0. The molecule has 154 valence electrons. The van der Waals surface area contributed by atoms with Crippen LogP contribution in [0.15, 0.2) is 30.5 Å². The van der Waals surface area contributed by atoms with E-state index in [0.29, 0.717) is 16.5 Å². The average molecular weight is 425 g/mol. The highest BCUT2D eigenvalue weighted by Crippen LogP contribution is 2.27. The fourth-order valence-electron chi connectivity index (χ4n) is 3.84. The van der Waals surface area contributed by atoms with Gasteiger partial charge in [-0.2, -0.15) is 5.10 Å². The number of nitrogens with one attached hydrogen (secondary N) is 1. The van der Waals surface area contributed by atoms with Crippen molar-refractivity contribution in [1.82, 2.24) is 20.0 Å². The topological polar surface area (TPSA) is 50.2 Å². The molecule has 0 unspecified atom stereocenters. The predicted molar refractivity (Wildman–Crippen MR) is 117 cm³/mol. The lowest BCUT2D eigenvalue weighted by atomic mass is 9.93. The van der Waals surface area contributed by atoms with Gasteiger partial charge in [0.1, 0.15) is 0 Å². The lowest BCUT2D eigenvalue weighted by Gasteiger charge is -2.32. The quantitative estimate of drug-likeness (QED) is 0.740. The van der Waals surface area contributed by atoms with Crippen LogP contribution in [0, 0.1) is 5.92 Å². The van der Waals surface area contributed by atoms with E-state index < -0.39 is 0 Å². The molecule has 0 spiro atoms. The molecule has 1 aliphatic rings. The molecule has 1 fully saturated rings. The predicted octanol–water partition coefficient (Wildman–Crippen LogP) is 4.53. The van der Waals surface area contributed by atoms with E-state index in [-0.39, 0.29) is 24.2 Å². The number of hydrogen-bond donors (Lipinski definition) is 1. The number of aromatic nitrogens is 2. The molecule has 28 heavy (non-hydrogen) atoms. The summed E-state index contributed by atoms with van der Waals surface area (Å²) in [7, 11) is 1.99. The molecule has 1 aliphatic heterocycles. The highest BCUT2D eigenvalue weighted by atomic mass is 35.5. The van der Waals surface area contributed by atoms with Crippen molar-refractivity contribution in [2.75, 3.05) is 26.7 Å². The van der Waals surface area contributed by atoms with Crippen LogP contribution in [0.4, 0.5) is 0 Å². The fraction of sp³-hybridized carbons (Fsp3) is 0.524. The maximum absolute atomic E-state index is 13.2. The minimum atomic E-state index is 0. The summed E-state index contributed by atoms with van der Waals surface area (Å²) in [5.41, 5.74) is 2.54. The van der Waals surface area contributed by atoms with Crippen LogP contribution in [0.2, 0.25) is 5.02 Å². The Balaban J connectivity index is 0.00000280. The molecule has 7 heteroatoms. The van der Waals surface area contributed by atoms with Crippen LogP contribution >= 0.6 is 24.0 Å². The summed E-state index contributed by atoms with van der Waals surface area (Å²) in [6, 6.07) is 7.59. The molecule has 2 aromatic rings. The van der Waals surface area contributed by atoms with Crippen molar-refractivity contribution in [2.24, 2.45) is 5.92 Å². The molecule has 1 aromatic heterocycles. The van der Waals surface area contributed by atoms with Crippen molar-refractivity contribution in [3.63, 3.8) is 0 Å². The first kappa shape index (κ1) is 22.7. The Bertz CT molecular complexity index is 782. The lowest BCUT2D eigenvalue weighted by Crippen LogP contribution is -2.39. The van der Waals surface area contributed by atoms with Crippen molar-refractivity contribution in [3.05, 3.63) is 46.7 Å². The van der Waals surface area contributed by atoms with Gasteiger partial charge in [-0.3, -0.25) is 4.79 Å². The molecule has 0 radical (unpaired) electrons. The van der Waals surface area contributed by atoms with Gasteiger partial charge in [0, 0.05) is 18.1 Å². The Morgan fingerprint density at radius 3 is 2.64 bits per heavy atom. The second kappa shape index (κ2) is 10.3. The van der Waals surface area contributed by atoms with Gasteiger partial charge >= 0.3 is 0 Å². The van der Waals surface area contributed by atoms with E-state index in [4.69, 9.17) is 11.6 Å². The first-order chi connectivity index (χ1) is 13.0. The SMILES string of the molecule is CNCCC1CCN(C(=O)c2cnn(-c3cccc(Cl)c3)c2C(C)C)CC1.Cl. The van der Waals surface area contributed by atoms with Gasteiger partial charge in [-0.15, -0.1) is 12.4 Å². The van der Waals surface area contributed by atoms with Crippen LogP contribution in [0.3, 0.4) is 0 Å². The van der Waals surface area contributed by atoms with Crippen molar-refractivity contribution < 1.29 is 4.79 Å². The summed E-state index contributed by atoms with van der Waals surface area (Å²) >= 11 is 6.15. The number of likely N-dealkylation sites (tertiary alicyclic amines) is 1. The Morgan fingerprint density at radius 2 is 2.04 bits per heavy atom. The van der Waals surface area contributed by atoms with E-state index >= 15 is 0 Å². The molecule has 5 nitrogen and oxygen atoms in total. The third kappa shape index (κ3) is 5.07. The summed E-state index contributed by atoms with van der Waals surface area (Å²) in [5, 5.41) is 8.40. The minimum Gasteiger partial charge on any atom is -0.339 e. The Morgan fingerprint density at radius 1 is 1.32 bits per heavy atom. The monoisotopic (exact) mass is 424 g/mol. The molecular weight excluding hydrogens is 395 g/mol. The van der Waals surface area contributed by atoms with Crippen LogP contribution < -0.4 is 5.32 Å². The molecule has 0 saturated carbocycles. The molecule has 1 saturated heterocycles. The molecule has 0 bridgehead atoms. The van der Waals surface area contributed by atoms with Crippen molar-refractivity contribution >= 4 is 29.9 Å². The maximum Gasteiger partial charge on any atom is 0.257 e. The zero-order valence-electron chi connectivity index (χ0n) is 16.8. The van der Waals surface area contributed by atoms with Gasteiger partial charge in [0.2, 0.25) is 0 Å². The van der Waals surface area contributed by atoms with Gasteiger partial charge in [0.15, 0.2) is 0 Å². The molecule has 2 heterocycles. The number of piperidine rings is 1. The summed E-state index contributed by atoms with van der Waals surface area (Å²) in [5.74, 6) is 0.984. The van der Waals surface area contributed by atoms with Crippen LogP contribution in [0.5, 0.6) is 0 Å². The third-order valence-electron chi connectivity index (χ3n) is 5.34. The fourth-order valence-corrected chi connectivity index (χ4v) is 4.02. The van der Waals surface area contributed by atoms with Crippen LogP contribution in [0.25, 0.3) is 5.69 Å². The number of halogens is 2. The second-order valence-corrected chi connectivity index (χ2v) is 8.05. The summed E-state index contributed by atoms with van der Waals surface area (Å²) in [6.45, 7) is 6.89. The van der Waals surface area contributed by atoms with Crippen LogP contribution in [-0.4, -0.2) is 47.3 Å². The zero-order valence-corrected chi connectivity index (χ0v) is 18.4.